The second-order valence-corrected chi connectivity index (χ2v) is 9.21. The zero-order chi connectivity index (χ0) is 21.8. The number of fused-ring (bicyclic) bond motifs is 1. The Morgan fingerprint density at radius 2 is 2.06 bits per heavy atom. The zero-order valence-corrected chi connectivity index (χ0v) is 18.4. The topological polar surface area (TPSA) is 104 Å². The number of benzene rings is 1. The highest BCUT2D eigenvalue weighted by atomic mass is 127. The molecule has 3 aromatic rings. The van der Waals surface area contributed by atoms with Gasteiger partial charge in [0.05, 0.1) is 6.61 Å². The number of aliphatic hydroxyl groups excluding tert-OH is 1. The van der Waals surface area contributed by atoms with Gasteiger partial charge in [-0.05, 0) is 61.2 Å². The van der Waals surface area contributed by atoms with Gasteiger partial charge in [0, 0.05) is 50.0 Å². The third-order valence-electron chi connectivity index (χ3n) is 4.63. The van der Waals surface area contributed by atoms with Gasteiger partial charge < -0.3 is 18.4 Å². The number of aromatic nitrogens is 2. The van der Waals surface area contributed by atoms with E-state index >= 15 is 0 Å². The molecule has 1 aliphatic carbocycles. The van der Waals surface area contributed by atoms with Gasteiger partial charge >= 0.3 is 5.97 Å². The molecule has 0 amide bonds. The van der Waals surface area contributed by atoms with Crippen LogP contribution >= 0.6 is 21.0 Å². The number of halogens is 2. The van der Waals surface area contributed by atoms with E-state index in [0.717, 1.165) is 18.2 Å². The largest absolute Gasteiger partial charge is 0.504 e. The number of Topliss-reactive ketones (excluding diaryl/α,β-unsaturated/α-hetero) is 1. The Hall–Kier alpha value is -3.08. The van der Waals surface area contributed by atoms with Crippen LogP contribution < -0.4 is 3.53 Å². The summed E-state index contributed by atoms with van der Waals surface area (Å²) in [6.07, 6.45) is 6.56. The third-order valence-corrected chi connectivity index (χ3v) is 6.99. The standard InChI is InChI=1S/C22H19FIN3O4/c23-15-5-7-16(8-6-15)27-24-19(22(30)31-12-13-3-4-13)20(29)18(28)10-14-11-26-21-17(14)2-1-9-25-21/h1-2,5-11,13,27-28H,3-4,12H2,(H,25,26). The first-order valence-electron chi connectivity index (χ1n) is 9.58. The van der Waals surface area contributed by atoms with E-state index in [0.29, 0.717) is 22.8 Å². The summed E-state index contributed by atoms with van der Waals surface area (Å²) in [5, 5.41) is 11.2. The molecule has 1 aromatic carbocycles. The van der Waals surface area contributed by atoms with Crippen molar-refractivity contribution in [2.24, 2.45) is 5.92 Å². The number of allylic oxidation sites excluding steroid dienone is 1. The predicted octanol–water partition coefficient (Wildman–Crippen LogP) is 4.29. The molecule has 0 unspecified atom stereocenters. The van der Waals surface area contributed by atoms with E-state index in [9.17, 15) is 19.1 Å². The van der Waals surface area contributed by atoms with Crippen LogP contribution in [0.4, 0.5) is 10.1 Å². The third kappa shape index (κ3) is 5.35. The molecule has 160 valence electrons. The second-order valence-electron chi connectivity index (χ2n) is 7.05. The van der Waals surface area contributed by atoms with Crippen molar-refractivity contribution in [1.29, 1.82) is 0 Å². The Bertz CT molecular complexity index is 1180. The molecule has 0 saturated heterocycles. The van der Waals surface area contributed by atoms with E-state index in [1.165, 1.54) is 30.3 Å². The Balaban J connectivity index is 1.58. The lowest BCUT2D eigenvalue weighted by molar-refractivity contribution is -0.136. The summed E-state index contributed by atoms with van der Waals surface area (Å²) in [5.74, 6) is -2.14. The first kappa shape index (κ1) is 21.2. The van der Waals surface area contributed by atoms with Crippen molar-refractivity contribution in [2.75, 3.05) is 10.1 Å². The molecule has 7 nitrogen and oxygen atoms in total. The number of rotatable bonds is 8. The second kappa shape index (κ2) is 9.38. The number of hydrogen-bond acceptors (Lipinski definition) is 6. The molecule has 9 heteroatoms. The number of ether oxygens (including phenoxy) is 1. The maximum atomic E-state index is 13.1. The number of esters is 1. The van der Waals surface area contributed by atoms with Crippen LogP contribution in [0.15, 0.2) is 54.6 Å². The van der Waals surface area contributed by atoms with Gasteiger partial charge in [-0.15, -0.1) is 0 Å². The highest BCUT2D eigenvalue weighted by Gasteiger charge is 2.28. The number of carbonyl (C=O) groups excluding carboxylic acids is 2. The first-order valence-corrected chi connectivity index (χ1v) is 11.7. The molecule has 0 radical (unpaired) electrons. The van der Waals surface area contributed by atoms with Gasteiger partial charge in [-0.3, -0.25) is 4.79 Å². The van der Waals surface area contributed by atoms with Crippen molar-refractivity contribution in [3.05, 3.63) is 65.9 Å². The van der Waals surface area contributed by atoms with Gasteiger partial charge in [0.25, 0.3) is 0 Å². The van der Waals surface area contributed by atoms with Crippen LogP contribution in [0.1, 0.15) is 18.4 Å². The van der Waals surface area contributed by atoms with Crippen LogP contribution in [0.3, 0.4) is 0 Å². The summed E-state index contributed by atoms with van der Waals surface area (Å²) in [6, 6.07) is 9.14. The lowest BCUT2D eigenvalue weighted by Crippen LogP contribution is -2.27. The summed E-state index contributed by atoms with van der Waals surface area (Å²) in [7, 11) is 0. The van der Waals surface area contributed by atoms with Crippen LogP contribution in [0.2, 0.25) is 0 Å². The predicted molar refractivity (Wildman–Crippen MR) is 124 cm³/mol. The minimum atomic E-state index is -1.36. The molecule has 4 rings (SSSR count). The molecular formula is C22H19FIN3O4. The average molecular weight is 535 g/mol. The lowest BCUT2D eigenvalue weighted by Gasteiger charge is -2.08. The highest BCUT2D eigenvalue weighted by Crippen LogP contribution is 2.29. The molecule has 0 atom stereocenters. The van der Waals surface area contributed by atoms with Crippen LogP contribution in [-0.2, 0) is 14.3 Å². The first-order chi connectivity index (χ1) is 15.0. The molecule has 0 bridgehead atoms. The molecule has 0 aliphatic heterocycles. The van der Waals surface area contributed by atoms with Crippen molar-refractivity contribution in [2.45, 2.75) is 12.8 Å². The van der Waals surface area contributed by atoms with Crippen molar-refractivity contribution in [3.8, 4) is 0 Å². The van der Waals surface area contributed by atoms with Crippen LogP contribution in [0, 0.1) is 11.7 Å². The smallest absolute Gasteiger partial charge is 0.349 e. The fourth-order valence-electron chi connectivity index (χ4n) is 2.75. The van der Waals surface area contributed by atoms with Crippen molar-refractivity contribution >= 4 is 59.1 Å². The van der Waals surface area contributed by atoms with E-state index in [1.54, 1.807) is 24.5 Å². The number of pyridine rings is 1. The normalized spacial score (nSPS) is 14.7. The van der Waals surface area contributed by atoms with E-state index in [4.69, 9.17) is 4.74 Å². The van der Waals surface area contributed by atoms with E-state index in [1.807, 2.05) is 0 Å². The number of carbonyl (C=O) groups is 2. The molecule has 1 fully saturated rings. The number of ketones is 1. The Morgan fingerprint density at radius 1 is 1.29 bits per heavy atom. The number of anilines is 1. The number of hydrogen-bond donors (Lipinski definition) is 3. The Kier molecular flexibility index (Phi) is 6.40. The summed E-state index contributed by atoms with van der Waals surface area (Å²) in [6.45, 7) is 0.258. The molecule has 2 heterocycles. The summed E-state index contributed by atoms with van der Waals surface area (Å²) < 4.78 is 21.3. The number of H-pyrrole nitrogens is 1. The maximum absolute atomic E-state index is 13.1. The van der Waals surface area contributed by atoms with Crippen molar-refractivity contribution in [3.63, 3.8) is 0 Å². The number of nitrogens with one attached hydrogen (secondary N) is 2. The molecule has 0 spiro atoms. The monoisotopic (exact) mass is 535 g/mol. The van der Waals surface area contributed by atoms with Gasteiger partial charge in [0.1, 0.15) is 11.5 Å². The highest BCUT2D eigenvalue weighted by molar-refractivity contribution is 14.2. The van der Waals surface area contributed by atoms with E-state index in [-0.39, 0.29) is 15.9 Å². The van der Waals surface area contributed by atoms with Crippen LogP contribution in [0.25, 0.3) is 17.1 Å². The molecule has 1 saturated carbocycles. The summed E-state index contributed by atoms with van der Waals surface area (Å²) >= 11 is -1.36. The number of aromatic amines is 1. The minimum absolute atomic E-state index is 0.129. The Labute approximate surface area is 187 Å². The fraction of sp³-hybridized carbons (Fsp3) is 0.182. The van der Waals surface area contributed by atoms with Crippen molar-refractivity contribution < 1.29 is 23.8 Å². The molecule has 3 N–H and O–H groups in total. The minimum Gasteiger partial charge on any atom is -0.504 e. The van der Waals surface area contributed by atoms with Gasteiger partial charge in [-0.1, -0.05) is 0 Å². The fourth-order valence-corrected chi connectivity index (χ4v) is 4.59. The van der Waals surface area contributed by atoms with E-state index in [2.05, 4.69) is 13.5 Å². The number of nitrogens with zero attached hydrogens (tertiary/aromatic N) is 1. The quantitative estimate of drug-likeness (QED) is 0.0994. The molecule has 2 aromatic heterocycles. The van der Waals surface area contributed by atoms with Gasteiger partial charge in [0.15, 0.2) is 9.27 Å². The zero-order valence-electron chi connectivity index (χ0n) is 16.3. The average Bonchev–Trinajstić information content (AvgIpc) is 3.53. The van der Waals surface area contributed by atoms with Crippen LogP contribution in [-0.4, -0.2) is 36.9 Å². The molecule has 1 aliphatic rings. The number of aliphatic hydroxyl groups is 1. The van der Waals surface area contributed by atoms with E-state index < -0.39 is 38.5 Å². The Morgan fingerprint density at radius 3 is 2.81 bits per heavy atom. The lowest BCUT2D eigenvalue weighted by atomic mass is 10.1. The SMILES string of the molecule is O=C(OCC1CC1)C(=INc1ccc(F)cc1)C(=O)C(O)=Cc1c[nH]c2ncccc12. The van der Waals surface area contributed by atoms with Gasteiger partial charge in [-0.2, -0.15) is 0 Å². The summed E-state index contributed by atoms with van der Waals surface area (Å²) in [5.41, 5.74) is 1.76. The summed E-state index contributed by atoms with van der Waals surface area (Å²) in [4.78, 5) is 32.7. The van der Waals surface area contributed by atoms with Crippen LogP contribution in [0.5, 0.6) is 0 Å². The van der Waals surface area contributed by atoms with Gasteiger partial charge in [-0.25, -0.2) is 14.2 Å². The molecular weight excluding hydrogens is 516 g/mol. The maximum Gasteiger partial charge on any atom is 0.349 e. The molecule has 31 heavy (non-hydrogen) atoms. The van der Waals surface area contributed by atoms with Gasteiger partial charge in [0.2, 0.25) is 5.78 Å². The van der Waals surface area contributed by atoms with Crippen molar-refractivity contribution in [1.82, 2.24) is 9.97 Å².